The van der Waals surface area contributed by atoms with Crippen LogP contribution in [-0.2, 0) is 11.3 Å². The maximum absolute atomic E-state index is 13.0. The Morgan fingerprint density at radius 1 is 1.30 bits per heavy atom. The molecule has 3 aromatic rings. The van der Waals surface area contributed by atoms with E-state index in [4.69, 9.17) is 21.1 Å². The van der Waals surface area contributed by atoms with Crippen LogP contribution in [-0.4, -0.2) is 39.6 Å². The Hall–Kier alpha value is -3.92. The summed E-state index contributed by atoms with van der Waals surface area (Å²) in [5.41, 5.74) is -0.479. The van der Waals surface area contributed by atoms with Crippen LogP contribution >= 0.6 is 11.6 Å². The second-order valence-corrected chi connectivity index (χ2v) is 7.64. The molecule has 0 fully saturated rings. The number of halogens is 1. The molecule has 2 N–H and O–H groups in total. The molecule has 0 saturated heterocycles. The molecule has 11 heteroatoms. The molecular formula is C22H20ClN5O5. The van der Waals surface area contributed by atoms with E-state index < -0.39 is 17.2 Å². The zero-order valence-electron chi connectivity index (χ0n) is 17.8. The van der Waals surface area contributed by atoms with Crippen LogP contribution in [0.1, 0.15) is 12.0 Å². The van der Waals surface area contributed by atoms with Gasteiger partial charge < -0.3 is 19.8 Å². The molecule has 0 spiro atoms. The molecule has 1 unspecified atom stereocenters. The number of hydrogen-bond donors (Lipinski definition) is 2. The monoisotopic (exact) mass is 469 g/mol. The number of carbonyl (C=O) groups is 1. The third-order valence-electron chi connectivity index (χ3n) is 5.13. The Bertz CT molecular complexity index is 1460. The highest BCUT2D eigenvalue weighted by Crippen LogP contribution is 2.22. The first-order valence-corrected chi connectivity index (χ1v) is 10.3. The number of amides is 1. The van der Waals surface area contributed by atoms with Gasteiger partial charge in [-0.1, -0.05) is 29.8 Å². The van der Waals surface area contributed by atoms with E-state index in [0.717, 1.165) is 10.1 Å². The number of nitrogens with one attached hydrogen (secondary N) is 2. The summed E-state index contributed by atoms with van der Waals surface area (Å²) in [7, 11) is 2.81. The third-order valence-corrected chi connectivity index (χ3v) is 5.36. The summed E-state index contributed by atoms with van der Waals surface area (Å²) in [6, 6.07) is 7.18. The lowest BCUT2D eigenvalue weighted by molar-refractivity contribution is -0.123. The first-order valence-electron chi connectivity index (χ1n) is 9.96. The molecule has 1 aliphatic rings. The van der Waals surface area contributed by atoms with Gasteiger partial charge in [-0.2, -0.15) is 9.55 Å². The van der Waals surface area contributed by atoms with Gasteiger partial charge in [0.15, 0.2) is 5.75 Å². The maximum Gasteiger partial charge on any atom is 0.335 e. The Morgan fingerprint density at radius 3 is 2.85 bits per heavy atom. The molecule has 0 radical (unpaired) electrons. The number of ether oxygens (including phenoxy) is 2. The molecule has 1 aromatic carbocycles. The van der Waals surface area contributed by atoms with E-state index in [0.29, 0.717) is 18.0 Å². The van der Waals surface area contributed by atoms with E-state index in [1.807, 2.05) is 6.07 Å². The van der Waals surface area contributed by atoms with Crippen LogP contribution in [0, 0.1) is 5.92 Å². The first kappa shape index (κ1) is 22.3. The van der Waals surface area contributed by atoms with Crippen molar-refractivity contribution in [3.05, 3.63) is 72.5 Å². The minimum Gasteiger partial charge on any atom is -0.490 e. The predicted octanol–water partition coefficient (Wildman–Crippen LogP) is -0.116. The van der Waals surface area contributed by atoms with Gasteiger partial charge in [0.1, 0.15) is 0 Å². The van der Waals surface area contributed by atoms with Crippen LogP contribution in [0.5, 0.6) is 11.6 Å². The molecule has 4 rings (SSSR count). The number of methoxy groups -OCH3 is 2. The number of rotatable bonds is 6. The number of carbonyl (C=O) groups excluding carboxylic acids is 1. The van der Waals surface area contributed by atoms with Gasteiger partial charge >= 0.3 is 5.69 Å². The molecule has 0 saturated carbocycles. The van der Waals surface area contributed by atoms with Gasteiger partial charge in [-0.15, -0.1) is 0 Å². The highest BCUT2D eigenvalue weighted by atomic mass is 35.5. The normalized spacial score (nSPS) is 14.5. The van der Waals surface area contributed by atoms with Gasteiger partial charge in [-0.05, 0) is 30.2 Å². The summed E-state index contributed by atoms with van der Waals surface area (Å²) >= 11 is 5.97. The molecule has 33 heavy (non-hydrogen) atoms. The Morgan fingerprint density at radius 2 is 2.12 bits per heavy atom. The second-order valence-electron chi connectivity index (χ2n) is 7.21. The van der Waals surface area contributed by atoms with E-state index in [-0.39, 0.29) is 34.1 Å². The predicted molar refractivity (Wildman–Crippen MR) is 121 cm³/mol. The Balaban J connectivity index is 1.64. The standard InChI is InChI=1S/C22H20ClN5O5/c1-32-17-11-25-21(27-19(17)33-2)28-20(30)15-7-6-13(9-16(15)26-22(28)31)18(29)24-10-12-4-3-5-14(23)8-12/h3-5,7-9,11,13H,6,10H2,1-2H3,(H,24,29)(H,26,31). The summed E-state index contributed by atoms with van der Waals surface area (Å²) in [6.07, 6.45) is 4.80. The smallest absolute Gasteiger partial charge is 0.335 e. The van der Waals surface area contributed by atoms with Crippen LogP contribution in [0.15, 0.2) is 40.1 Å². The molecule has 0 aliphatic heterocycles. The van der Waals surface area contributed by atoms with E-state index in [9.17, 15) is 14.4 Å². The number of aromatic amines is 1. The van der Waals surface area contributed by atoms with Crippen molar-refractivity contribution in [3.8, 4) is 17.6 Å². The van der Waals surface area contributed by atoms with E-state index in [1.54, 1.807) is 30.4 Å². The molecule has 0 bridgehead atoms. The van der Waals surface area contributed by atoms with Crippen LogP contribution in [0.25, 0.3) is 18.1 Å². The molecule has 10 nitrogen and oxygen atoms in total. The minimum atomic E-state index is -0.740. The number of nitrogens with zero attached hydrogens (tertiary/aromatic N) is 3. The largest absolute Gasteiger partial charge is 0.490 e. The SMILES string of the molecule is COc1cnc(-n2c(=O)[nH]c3c(c2=O)=CCC(C(=O)NCc2cccc(Cl)c2)C=3)nc1OC. The van der Waals surface area contributed by atoms with Crippen molar-refractivity contribution in [2.24, 2.45) is 5.92 Å². The van der Waals surface area contributed by atoms with E-state index in [1.165, 1.54) is 20.4 Å². The lowest BCUT2D eigenvalue weighted by Gasteiger charge is -2.15. The number of fused-ring (bicyclic) bond motifs is 1. The van der Waals surface area contributed by atoms with Crippen molar-refractivity contribution in [1.29, 1.82) is 0 Å². The highest BCUT2D eigenvalue weighted by molar-refractivity contribution is 6.30. The topological polar surface area (TPSA) is 128 Å². The van der Waals surface area contributed by atoms with Crippen LogP contribution < -0.4 is 36.6 Å². The quantitative estimate of drug-likeness (QED) is 0.515. The van der Waals surface area contributed by atoms with Gasteiger partial charge in [0, 0.05) is 11.6 Å². The molecule has 2 aromatic heterocycles. The zero-order chi connectivity index (χ0) is 23.5. The van der Waals surface area contributed by atoms with E-state index in [2.05, 4.69) is 20.3 Å². The Labute approximate surface area is 192 Å². The van der Waals surface area contributed by atoms with Crippen molar-refractivity contribution in [3.63, 3.8) is 0 Å². The molecule has 170 valence electrons. The van der Waals surface area contributed by atoms with Crippen molar-refractivity contribution in [2.75, 3.05) is 14.2 Å². The fraction of sp³-hybridized carbons (Fsp3) is 0.227. The summed E-state index contributed by atoms with van der Waals surface area (Å²) in [5.74, 6) is -0.588. The molecular weight excluding hydrogens is 450 g/mol. The summed E-state index contributed by atoms with van der Waals surface area (Å²) in [4.78, 5) is 49.1. The van der Waals surface area contributed by atoms with Crippen LogP contribution in [0.3, 0.4) is 0 Å². The zero-order valence-corrected chi connectivity index (χ0v) is 18.5. The number of benzene rings is 1. The average Bonchev–Trinajstić information content (AvgIpc) is 2.82. The maximum atomic E-state index is 13.0. The van der Waals surface area contributed by atoms with Gasteiger partial charge in [-0.3, -0.25) is 9.59 Å². The Kier molecular flexibility index (Phi) is 6.27. The average molecular weight is 470 g/mol. The molecule has 2 heterocycles. The highest BCUT2D eigenvalue weighted by Gasteiger charge is 2.20. The lowest BCUT2D eigenvalue weighted by atomic mass is 9.99. The van der Waals surface area contributed by atoms with Crippen molar-refractivity contribution < 1.29 is 14.3 Å². The van der Waals surface area contributed by atoms with Gasteiger partial charge in [0.25, 0.3) is 11.4 Å². The van der Waals surface area contributed by atoms with Crippen LogP contribution in [0.2, 0.25) is 5.02 Å². The molecule has 1 atom stereocenters. The van der Waals surface area contributed by atoms with E-state index >= 15 is 0 Å². The molecule has 1 aliphatic carbocycles. The van der Waals surface area contributed by atoms with Crippen molar-refractivity contribution >= 4 is 29.7 Å². The lowest BCUT2D eigenvalue weighted by Crippen LogP contribution is -2.55. The second kappa shape index (κ2) is 9.29. The van der Waals surface area contributed by atoms with Crippen LogP contribution in [0.4, 0.5) is 0 Å². The van der Waals surface area contributed by atoms with Crippen molar-refractivity contribution in [2.45, 2.75) is 13.0 Å². The summed E-state index contributed by atoms with van der Waals surface area (Å²) in [5, 5.41) is 3.96. The van der Waals surface area contributed by atoms with Gasteiger partial charge in [0.05, 0.1) is 36.9 Å². The first-order chi connectivity index (χ1) is 15.9. The van der Waals surface area contributed by atoms with Gasteiger partial charge in [-0.25, -0.2) is 9.78 Å². The van der Waals surface area contributed by atoms with Crippen molar-refractivity contribution in [1.82, 2.24) is 24.8 Å². The fourth-order valence-electron chi connectivity index (χ4n) is 3.48. The third kappa shape index (κ3) is 4.51. The molecule has 1 amide bonds. The van der Waals surface area contributed by atoms with Gasteiger partial charge in [0.2, 0.25) is 11.9 Å². The number of aromatic nitrogens is 4. The summed E-state index contributed by atoms with van der Waals surface area (Å²) in [6.45, 7) is 0.311. The number of H-pyrrole nitrogens is 1. The number of hydrogen-bond acceptors (Lipinski definition) is 7. The summed E-state index contributed by atoms with van der Waals surface area (Å²) < 4.78 is 11.0. The fourth-order valence-corrected chi connectivity index (χ4v) is 3.69. The minimum absolute atomic E-state index is 0.0819.